The predicted octanol–water partition coefficient (Wildman–Crippen LogP) is 2.58. The maximum absolute atomic E-state index is 6.94. The number of hydrogen-bond acceptors (Lipinski definition) is 0. The molecular weight excluding hydrogens is 233 g/mol. The van der Waals surface area contributed by atoms with Gasteiger partial charge in [-0.2, -0.15) is 6.07 Å². The van der Waals surface area contributed by atoms with Crippen molar-refractivity contribution in [2.45, 2.75) is 0 Å². The van der Waals surface area contributed by atoms with Gasteiger partial charge in [-0.1, -0.05) is 24.3 Å². The second-order valence-electron chi connectivity index (χ2n) is 2.60. The molecule has 0 bridgehead atoms. The Morgan fingerprint density at radius 1 is 1.15 bits per heavy atom. The number of rotatable bonds is 0. The van der Waals surface area contributed by atoms with Crippen molar-refractivity contribution < 1.29 is 32.7 Å². The molecule has 0 saturated heterocycles. The normalized spacial score (nSPS) is 8.85. The molecule has 0 aromatic heterocycles. The van der Waals surface area contributed by atoms with Crippen molar-refractivity contribution in [3.8, 4) is 5.92 Å². The smallest absolute Gasteiger partial charge is 0 e. The minimum Gasteiger partial charge on any atom is -0.437 e. The van der Waals surface area contributed by atoms with Crippen LogP contribution in [0.4, 0.5) is 0 Å². The quantitative estimate of drug-likeness (QED) is 0.489. The van der Waals surface area contributed by atoms with Gasteiger partial charge in [-0.25, -0.2) is 12.1 Å². The summed E-state index contributed by atoms with van der Waals surface area (Å²) in [5.41, 5.74) is 0.703. The van der Waals surface area contributed by atoms with Gasteiger partial charge in [0.15, 0.2) is 0 Å². The van der Waals surface area contributed by atoms with Crippen molar-refractivity contribution >= 4 is 10.8 Å². The monoisotopic (exact) mass is 239 g/mol. The molecule has 1 radical (unpaired) electrons. The molecule has 0 N–H and O–H groups in total. The molecule has 0 aliphatic heterocycles. The van der Waals surface area contributed by atoms with E-state index in [1.54, 1.807) is 0 Å². The Morgan fingerprint density at radius 2 is 1.85 bits per heavy atom. The molecule has 2 rings (SSSR count). The van der Waals surface area contributed by atoms with E-state index in [1.165, 1.54) is 0 Å². The van der Waals surface area contributed by atoms with Crippen molar-refractivity contribution in [3.05, 3.63) is 54.5 Å². The van der Waals surface area contributed by atoms with Crippen LogP contribution in [0, 0.1) is 18.4 Å². The molecule has 0 heterocycles. The van der Waals surface area contributed by atoms with Crippen molar-refractivity contribution in [3.63, 3.8) is 0 Å². The molecule has 13 heavy (non-hydrogen) atoms. The van der Waals surface area contributed by atoms with Crippen LogP contribution in [0.15, 0.2) is 36.4 Å². The molecule has 0 fully saturated rings. The third kappa shape index (κ3) is 2.18. The molecule has 0 spiro atoms. The van der Waals surface area contributed by atoms with Crippen LogP contribution in [0.1, 0.15) is 5.56 Å². The van der Waals surface area contributed by atoms with Gasteiger partial charge in [-0.15, -0.1) is 10.8 Å². The average molecular weight is 239 g/mol. The van der Waals surface area contributed by atoms with Crippen LogP contribution in [-0.2, 0) is 32.7 Å². The van der Waals surface area contributed by atoms with Gasteiger partial charge in [0.1, 0.15) is 0 Å². The van der Waals surface area contributed by atoms with Crippen LogP contribution in [-0.4, -0.2) is 0 Å². The van der Waals surface area contributed by atoms with E-state index in [4.69, 9.17) is 6.42 Å². The van der Waals surface area contributed by atoms with E-state index < -0.39 is 0 Å². The van der Waals surface area contributed by atoms with Gasteiger partial charge in [-0.05, 0) is 0 Å². The maximum atomic E-state index is 6.94. The van der Waals surface area contributed by atoms with Gasteiger partial charge in [0.2, 0.25) is 0 Å². The van der Waals surface area contributed by atoms with E-state index in [-0.39, 0.29) is 32.7 Å². The zero-order chi connectivity index (χ0) is 8.39. The number of benzene rings is 2. The third-order valence-electron chi connectivity index (χ3n) is 1.81. The van der Waals surface area contributed by atoms with Crippen molar-refractivity contribution in [1.82, 2.24) is 0 Å². The van der Waals surface area contributed by atoms with Crippen LogP contribution in [0.5, 0.6) is 0 Å². The zero-order valence-corrected chi connectivity index (χ0v) is 9.88. The Balaban J connectivity index is 0.000000845. The summed E-state index contributed by atoms with van der Waals surface area (Å²) in [5.74, 6) is 2.31. The van der Waals surface area contributed by atoms with Gasteiger partial charge in [0, 0.05) is 32.7 Å². The minimum absolute atomic E-state index is 0. The fourth-order valence-corrected chi connectivity index (χ4v) is 1.20. The summed E-state index contributed by atoms with van der Waals surface area (Å²) < 4.78 is 0. The standard InChI is InChI=1S/C12H6.Y/c1-2-10-7-8-11-5-3-4-6-12(11)9-10;/h3-6,8-9H;/q-2;. The molecule has 0 unspecified atom stereocenters. The van der Waals surface area contributed by atoms with Gasteiger partial charge >= 0.3 is 0 Å². The average Bonchev–Trinajstić information content (AvgIpc) is 2.17. The Morgan fingerprint density at radius 3 is 2.54 bits per heavy atom. The molecule has 0 saturated carbocycles. The molecule has 2 aromatic carbocycles. The van der Waals surface area contributed by atoms with Crippen LogP contribution >= 0.6 is 0 Å². The largest absolute Gasteiger partial charge is 0.437 e. The summed E-state index contributed by atoms with van der Waals surface area (Å²) in [6.07, 6.45) is 6.94. The Kier molecular flexibility index (Phi) is 3.66. The van der Waals surface area contributed by atoms with Gasteiger partial charge < -0.3 is 12.3 Å². The number of fused-ring (bicyclic) bond motifs is 1. The molecule has 0 amide bonds. The second-order valence-corrected chi connectivity index (χ2v) is 2.60. The Hall–Kier alpha value is -0.636. The molecule has 0 aliphatic rings. The van der Waals surface area contributed by atoms with E-state index >= 15 is 0 Å². The molecule has 0 atom stereocenters. The van der Waals surface area contributed by atoms with E-state index in [2.05, 4.69) is 12.0 Å². The van der Waals surface area contributed by atoms with E-state index in [1.807, 2.05) is 36.4 Å². The first-order valence-corrected chi connectivity index (χ1v) is 3.73. The van der Waals surface area contributed by atoms with E-state index in [9.17, 15) is 0 Å². The van der Waals surface area contributed by atoms with Gasteiger partial charge in [0.25, 0.3) is 0 Å². The third-order valence-corrected chi connectivity index (χ3v) is 1.81. The minimum atomic E-state index is 0. The van der Waals surface area contributed by atoms with Gasteiger partial charge in [-0.3, -0.25) is 5.56 Å². The molecule has 0 aliphatic carbocycles. The molecule has 0 nitrogen and oxygen atoms in total. The summed E-state index contributed by atoms with van der Waals surface area (Å²) in [5, 5.41) is 2.28. The summed E-state index contributed by atoms with van der Waals surface area (Å²) in [6.45, 7) is 0. The summed E-state index contributed by atoms with van der Waals surface area (Å²) in [6, 6.07) is 14.8. The summed E-state index contributed by atoms with van der Waals surface area (Å²) in [7, 11) is 0. The SMILES string of the molecule is [C-]#Cc1[c-]cc2ccccc2c1.[Y]. The van der Waals surface area contributed by atoms with Crippen LogP contribution in [0.3, 0.4) is 0 Å². The van der Waals surface area contributed by atoms with Crippen LogP contribution < -0.4 is 0 Å². The second kappa shape index (κ2) is 4.56. The van der Waals surface area contributed by atoms with Gasteiger partial charge in [0.05, 0.1) is 0 Å². The first kappa shape index (κ1) is 10.4. The van der Waals surface area contributed by atoms with Crippen molar-refractivity contribution in [2.75, 3.05) is 0 Å². The zero-order valence-electron chi connectivity index (χ0n) is 7.04. The molecule has 59 valence electrons. The van der Waals surface area contributed by atoms with Crippen molar-refractivity contribution in [2.24, 2.45) is 0 Å². The number of hydrogen-bond donors (Lipinski definition) is 0. The summed E-state index contributed by atoms with van der Waals surface area (Å²) in [4.78, 5) is 0. The molecule has 1 heteroatoms. The van der Waals surface area contributed by atoms with Crippen LogP contribution in [0.2, 0.25) is 0 Å². The maximum Gasteiger partial charge on any atom is 0 e. The topological polar surface area (TPSA) is 0 Å². The van der Waals surface area contributed by atoms with Crippen molar-refractivity contribution in [1.29, 1.82) is 0 Å². The van der Waals surface area contributed by atoms with Crippen LogP contribution in [0.25, 0.3) is 10.8 Å². The summed E-state index contributed by atoms with van der Waals surface area (Å²) >= 11 is 0. The first-order chi connectivity index (χ1) is 5.90. The fourth-order valence-electron chi connectivity index (χ4n) is 1.20. The first-order valence-electron chi connectivity index (χ1n) is 3.73. The molecule has 2 aromatic rings. The Labute approximate surface area is 103 Å². The molecular formula is C12H6Y-2. The van der Waals surface area contributed by atoms with E-state index in [0.717, 1.165) is 10.8 Å². The predicted molar refractivity (Wildman–Crippen MR) is 49.0 cm³/mol. The Bertz CT molecular complexity index is 452. The van der Waals surface area contributed by atoms with E-state index in [0.29, 0.717) is 5.56 Å². The fraction of sp³-hybridized carbons (Fsp3) is 0.